The second-order valence-corrected chi connectivity index (χ2v) is 2.53. The van der Waals surface area contributed by atoms with Gasteiger partial charge in [-0.2, -0.15) is 0 Å². The van der Waals surface area contributed by atoms with Crippen LogP contribution in [0.1, 0.15) is 9.80 Å². The maximum atomic E-state index is 10.9. The van der Waals surface area contributed by atoms with Crippen molar-refractivity contribution < 1.29 is 9.59 Å². The Balaban J connectivity index is 2.79. The van der Waals surface area contributed by atoms with E-state index >= 15 is 0 Å². The third-order valence-corrected chi connectivity index (χ3v) is 1.74. The molecule has 5 nitrogen and oxygen atoms in total. The molecule has 0 aliphatic heterocycles. The molecule has 0 radical (unpaired) electrons. The standard InChI is InChI=1S/C5H5N3O2S/c6-8-4(10)3(9)5-7-1-2-11-5/h1-2H,6H2,(H,8,10). The van der Waals surface area contributed by atoms with Gasteiger partial charge in [0.2, 0.25) is 0 Å². The van der Waals surface area contributed by atoms with Crippen molar-refractivity contribution in [3.63, 3.8) is 0 Å². The number of Topliss-reactive ketones (excluding diaryl/α,β-unsaturated/α-hetero) is 1. The van der Waals surface area contributed by atoms with Crippen LogP contribution in [0, 0.1) is 0 Å². The number of carbonyl (C=O) groups excluding carboxylic acids is 2. The van der Waals surface area contributed by atoms with Gasteiger partial charge in [-0.05, 0) is 0 Å². The fourth-order valence-corrected chi connectivity index (χ4v) is 1.07. The molecule has 0 aliphatic carbocycles. The third-order valence-electron chi connectivity index (χ3n) is 0.964. The van der Waals surface area contributed by atoms with Crippen LogP contribution in [-0.4, -0.2) is 16.7 Å². The summed E-state index contributed by atoms with van der Waals surface area (Å²) in [5, 5.41) is 1.75. The molecule has 0 saturated carbocycles. The van der Waals surface area contributed by atoms with Gasteiger partial charge in [0, 0.05) is 11.6 Å². The number of rotatable bonds is 2. The van der Waals surface area contributed by atoms with Gasteiger partial charge in [0.15, 0.2) is 5.01 Å². The van der Waals surface area contributed by atoms with Crippen molar-refractivity contribution in [1.82, 2.24) is 10.4 Å². The maximum Gasteiger partial charge on any atom is 0.308 e. The van der Waals surface area contributed by atoms with E-state index in [2.05, 4.69) is 4.98 Å². The van der Waals surface area contributed by atoms with Crippen molar-refractivity contribution in [3.05, 3.63) is 16.6 Å². The lowest BCUT2D eigenvalue weighted by Gasteiger charge is -1.92. The summed E-state index contributed by atoms with van der Waals surface area (Å²) >= 11 is 1.10. The molecule has 0 bridgehead atoms. The summed E-state index contributed by atoms with van der Waals surface area (Å²) in [7, 11) is 0. The third kappa shape index (κ3) is 1.60. The summed E-state index contributed by atoms with van der Waals surface area (Å²) in [6, 6.07) is 0. The molecule has 0 fully saturated rings. The van der Waals surface area contributed by atoms with Gasteiger partial charge in [0.05, 0.1) is 0 Å². The van der Waals surface area contributed by atoms with E-state index in [0.29, 0.717) is 0 Å². The van der Waals surface area contributed by atoms with Crippen LogP contribution in [0.4, 0.5) is 0 Å². The van der Waals surface area contributed by atoms with Crippen molar-refractivity contribution in [3.8, 4) is 0 Å². The van der Waals surface area contributed by atoms with Crippen molar-refractivity contribution in [1.29, 1.82) is 0 Å². The minimum absolute atomic E-state index is 0.146. The van der Waals surface area contributed by atoms with Gasteiger partial charge in [0.25, 0.3) is 5.78 Å². The predicted molar refractivity (Wildman–Crippen MR) is 38.8 cm³/mol. The first-order chi connectivity index (χ1) is 5.25. The van der Waals surface area contributed by atoms with Gasteiger partial charge in [-0.1, -0.05) is 0 Å². The molecule has 1 heterocycles. The summed E-state index contributed by atoms with van der Waals surface area (Å²) in [4.78, 5) is 25.1. The Morgan fingerprint density at radius 3 is 2.82 bits per heavy atom. The van der Waals surface area contributed by atoms with Gasteiger partial charge < -0.3 is 0 Å². The number of ketones is 1. The van der Waals surface area contributed by atoms with Crippen molar-refractivity contribution in [2.45, 2.75) is 0 Å². The highest BCUT2D eigenvalue weighted by molar-refractivity contribution is 7.12. The van der Waals surface area contributed by atoms with Crippen LogP contribution in [0.5, 0.6) is 0 Å². The molecule has 0 saturated heterocycles. The maximum absolute atomic E-state index is 10.9. The van der Waals surface area contributed by atoms with E-state index in [-0.39, 0.29) is 5.01 Å². The summed E-state index contributed by atoms with van der Waals surface area (Å²) in [5.74, 6) is 3.18. The van der Waals surface area contributed by atoms with E-state index < -0.39 is 11.7 Å². The highest BCUT2D eigenvalue weighted by atomic mass is 32.1. The average molecular weight is 171 g/mol. The molecule has 0 unspecified atom stereocenters. The lowest BCUT2D eigenvalue weighted by Crippen LogP contribution is -2.36. The van der Waals surface area contributed by atoms with Crippen molar-refractivity contribution >= 4 is 23.0 Å². The zero-order valence-electron chi connectivity index (χ0n) is 5.40. The molecule has 0 spiro atoms. The number of nitrogens with zero attached hydrogens (tertiary/aromatic N) is 1. The Bertz CT molecular complexity index is 269. The topological polar surface area (TPSA) is 85.1 Å². The van der Waals surface area contributed by atoms with Gasteiger partial charge in [0.1, 0.15) is 0 Å². The predicted octanol–water partition coefficient (Wildman–Crippen LogP) is -0.684. The molecule has 0 aliphatic rings. The second kappa shape index (κ2) is 3.22. The first-order valence-electron chi connectivity index (χ1n) is 2.70. The zero-order valence-corrected chi connectivity index (χ0v) is 6.22. The van der Waals surface area contributed by atoms with Gasteiger partial charge in [-0.3, -0.25) is 15.0 Å². The summed E-state index contributed by atoms with van der Waals surface area (Å²) in [5.41, 5.74) is 1.73. The van der Waals surface area contributed by atoms with Crippen molar-refractivity contribution in [2.24, 2.45) is 5.84 Å². The van der Waals surface area contributed by atoms with Crippen LogP contribution < -0.4 is 11.3 Å². The highest BCUT2D eigenvalue weighted by Crippen LogP contribution is 2.03. The minimum Gasteiger partial charge on any atom is -0.287 e. The molecule has 1 rings (SSSR count). The number of nitrogens with two attached hydrogens (primary N) is 1. The molecule has 1 aromatic rings. The van der Waals surface area contributed by atoms with Crippen LogP contribution in [0.3, 0.4) is 0 Å². The molecule has 1 aromatic heterocycles. The molecule has 11 heavy (non-hydrogen) atoms. The smallest absolute Gasteiger partial charge is 0.287 e. The van der Waals surface area contributed by atoms with Gasteiger partial charge in [-0.15, -0.1) is 11.3 Å². The van der Waals surface area contributed by atoms with Crippen LogP contribution in [0.15, 0.2) is 11.6 Å². The van der Waals surface area contributed by atoms with Gasteiger partial charge >= 0.3 is 5.91 Å². The first-order valence-corrected chi connectivity index (χ1v) is 3.58. The Hall–Kier alpha value is -1.27. The van der Waals surface area contributed by atoms with E-state index in [9.17, 15) is 9.59 Å². The highest BCUT2D eigenvalue weighted by Gasteiger charge is 2.16. The lowest BCUT2D eigenvalue weighted by molar-refractivity contribution is -0.117. The zero-order chi connectivity index (χ0) is 8.27. The molecule has 0 aromatic carbocycles. The number of carbonyl (C=O) groups is 2. The largest absolute Gasteiger partial charge is 0.308 e. The Morgan fingerprint density at radius 1 is 1.64 bits per heavy atom. The average Bonchev–Trinajstić information content (AvgIpc) is 2.53. The number of nitrogens with one attached hydrogen (secondary N) is 1. The molecule has 1 amide bonds. The molecule has 0 atom stereocenters. The summed E-state index contributed by atoms with van der Waals surface area (Å²) in [6.45, 7) is 0. The lowest BCUT2D eigenvalue weighted by atomic mass is 10.4. The Morgan fingerprint density at radius 2 is 2.36 bits per heavy atom. The minimum atomic E-state index is -0.847. The molecular formula is C5H5N3O2S. The molecule has 3 N–H and O–H groups in total. The van der Waals surface area contributed by atoms with E-state index in [1.165, 1.54) is 6.20 Å². The molecular weight excluding hydrogens is 166 g/mol. The number of hydrazine groups is 1. The van der Waals surface area contributed by atoms with Crippen LogP contribution in [0.25, 0.3) is 0 Å². The number of thiazole rings is 1. The summed E-state index contributed by atoms with van der Waals surface area (Å²) < 4.78 is 0. The van der Waals surface area contributed by atoms with E-state index in [1.807, 2.05) is 0 Å². The monoisotopic (exact) mass is 171 g/mol. The van der Waals surface area contributed by atoms with E-state index in [0.717, 1.165) is 11.3 Å². The first kappa shape index (κ1) is 7.83. The van der Waals surface area contributed by atoms with E-state index in [1.54, 1.807) is 10.8 Å². The number of hydrogen-bond acceptors (Lipinski definition) is 5. The SMILES string of the molecule is NNC(=O)C(=O)c1nccs1. The fourth-order valence-electron chi connectivity index (χ4n) is 0.498. The number of hydrogen-bond donors (Lipinski definition) is 2. The van der Waals surface area contributed by atoms with Gasteiger partial charge in [-0.25, -0.2) is 10.8 Å². The quantitative estimate of drug-likeness (QED) is 0.203. The van der Waals surface area contributed by atoms with Crippen LogP contribution >= 0.6 is 11.3 Å². The Labute approximate surface area is 66.2 Å². The number of aromatic nitrogens is 1. The van der Waals surface area contributed by atoms with Crippen molar-refractivity contribution in [2.75, 3.05) is 0 Å². The second-order valence-electron chi connectivity index (χ2n) is 1.64. The van der Waals surface area contributed by atoms with Crippen LogP contribution in [0.2, 0.25) is 0 Å². The normalized spacial score (nSPS) is 9.18. The number of amides is 1. The molecule has 6 heteroatoms. The molecule has 58 valence electrons. The summed E-state index contributed by atoms with van der Waals surface area (Å²) in [6.07, 6.45) is 1.45. The Kier molecular flexibility index (Phi) is 2.29. The fraction of sp³-hybridized carbons (Fsp3) is 0. The van der Waals surface area contributed by atoms with Crippen LogP contribution in [-0.2, 0) is 4.79 Å². The van der Waals surface area contributed by atoms with E-state index in [4.69, 9.17) is 5.84 Å².